The van der Waals surface area contributed by atoms with Crippen LogP contribution in [0.4, 0.5) is 0 Å². The van der Waals surface area contributed by atoms with Crippen molar-refractivity contribution >= 4 is 11.6 Å². The molecule has 13 heavy (non-hydrogen) atoms. The van der Waals surface area contributed by atoms with Crippen LogP contribution in [0.2, 0.25) is 0 Å². The van der Waals surface area contributed by atoms with E-state index < -0.39 is 18.8 Å². The van der Waals surface area contributed by atoms with Crippen molar-refractivity contribution in [1.82, 2.24) is 0 Å². The van der Waals surface area contributed by atoms with Gasteiger partial charge in [-0.2, -0.15) is 0 Å². The summed E-state index contributed by atoms with van der Waals surface area (Å²) in [6.45, 7) is -0.537. The summed E-state index contributed by atoms with van der Waals surface area (Å²) in [4.78, 5) is 0. The molecule has 0 saturated heterocycles. The molecule has 0 aliphatic carbocycles. The maximum absolute atomic E-state index is 8.98. The topological polar surface area (TPSA) is 60.7 Å². The molecule has 0 aromatic heterocycles. The molecule has 0 saturated carbocycles. The molecule has 0 amide bonds. The van der Waals surface area contributed by atoms with Gasteiger partial charge >= 0.3 is 0 Å². The van der Waals surface area contributed by atoms with Crippen LogP contribution in [0.25, 0.3) is 0 Å². The number of rotatable bonds is 2. The van der Waals surface area contributed by atoms with Crippen LogP contribution in [-0.4, -0.2) is 34.1 Å². The smallest absolute Gasteiger partial charge is 0.143 e. The number of hydrogen-bond acceptors (Lipinski definition) is 3. The van der Waals surface area contributed by atoms with Crippen molar-refractivity contribution < 1.29 is 15.3 Å². The lowest BCUT2D eigenvalue weighted by Gasteiger charge is -2.07. The molecule has 0 heterocycles. The maximum atomic E-state index is 8.98. The van der Waals surface area contributed by atoms with Crippen molar-refractivity contribution in [3.05, 3.63) is 11.6 Å². The zero-order valence-corrected chi connectivity index (χ0v) is 7.49. The Morgan fingerprint density at radius 3 is 2.54 bits per heavy atom. The van der Waals surface area contributed by atoms with Crippen molar-refractivity contribution in [3.8, 4) is 23.7 Å². The maximum Gasteiger partial charge on any atom is 0.143 e. The molecule has 2 unspecified atom stereocenters. The molecule has 0 aromatic carbocycles. The Hall–Kier alpha value is -0.970. The minimum atomic E-state index is -1.28. The molecule has 0 rings (SSSR count). The molecule has 4 heteroatoms. The molecular formula is C9H9ClO3. The summed E-state index contributed by atoms with van der Waals surface area (Å²) < 4.78 is 0. The Balaban J connectivity index is 4.04. The fourth-order valence-corrected chi connectivity index (χ4v) is 0.478. The van der Waals surface area contributed by atoms with Crippen molar-refractivity contribution in [2.45, 2.75) is 12.2 Å². The zero-order chi connectivity index (χ0) is 10.1. The van der Waals surface area contributed by atoms with Crippen molar-refractivity contribution in [2.24, 2.45) is 0 Å². The lowest BCUT2D eigenvalue weighted by molar-refractivity contribution is 0.0139. The van der Waals surface area contributed by atoms with Crippen LogP contribution < -0.4 is 0 Å². The summed E-state index contributed by atoms with van der Waals surface area (Å²) in [5, 5.41) is 26.2. The van der Waals surface area contributed by atoms with Gasteiger partial charge in [0.25, 0.3) is 0 Å². The summed E-state index contributed by atoms with van der Waals surface area (Å²) >= 11 is 5.16. The Morgan fingerprint density at radius 1 is 1.31 bits per heavy atom. The number of allylic oxidation sites excluding steroid dienone is 1. The average molecular weight is 201 g/mol. The van der Waals surface area contributed by atoms with E-state index in [-0.39, 0.29) is 0 Å². The predicted molar refractivity (Wildman–Crippen MR) is 49.6 cm³/mol. The highest BCUT2D eigenvalue weighted by atomic mass is 35.5. The summed E-state index contributed by atoms with van der Waals surface area (Å²) in [5.41, 5.74) is 1.23. The predicted octanol–water partition coefficient (Wildman–Crippen LogP) is -0.540. The van der Waals surface area contributed by atoms with Gasteiger partial charge in [-0.15, -0.1) is 0 Å². The molecule has 0 aliphatic heterocycles. The minimum absolute atomic E-state index is 0.537. The molecule has 3 nitrogen and oxygen atoms in total. The summed E-state index contributed by atoms with van der Waals surface area (Å²) in [6, 6.07) is 0. The molecule has 0 fully saturated rings. The van der Waals surface area contributed by atoms with Crippen LogP contribution in [0.15, 0.2) is 11.6 Å². The largest absolute Gasteiger partial charge is 0.394 e. The van der Waals surface area contributed by atoms with Crippen LogP contribution in [0.5, 0.6) is 0 Å². The minimum Gasteiger partial charge on any atom is -0.394 e. The Morgan fingerprint density at radius 2 is 2.00 bits per heavy atom. The highest BCUT2D eigenvalue weighted by molar-refractivity contribution is 6.25. The van der Waals surface area contributed by atoms with Crippen molar-refractivity contribution in [1.29, 1.82) is 0 Å². The quantitative estimate of drug-likeness (QED) is 0.525. The molecular weight excluding hydrogens is 192 g/mol. The fourth-order valence-electron chi connectivity index (χ4n) is 0.415. The SMILES string of the molecule is OCC(O)C(O)C#CC#CC=CCl. The highest BCUT2D eigenvalue weighted by Gasteiger charge is 2.10. The molecule has 0 spiro atoms. The lowest BCUT2D eigenvalue weighted by Crippen LogP contribution is -2.27. The summed E-state index contributed by atoms with van der Waals surface area (Å²) in [5.74, 6) is 9.35. The standard InChI is InChI=1S/C9H9ClO3/c10-6-4-2-1-3-5-8(12)9(13)7-11/h4,6,8-9,11-13H,7H2. The van der Waals surface area contributed by atoms with Gasteiger partial charge in [0.05, 0.1) is 6.61 Å². The molecule has 70 valence electrons. The normalized spacial score (nSPS) is 13.8. The number of aliphatic hydroxyl groups excluding tert-OH is 3. The van der Waals surface area contributed by atoms with Gasteiger partial charge < -0.3 is 15.3 Å². The molecule has 0 radical (unpaired) electrons. The van der Waals surface area contributed by atoms with Crippen molar-refractivity contribution in [3.63, 3.8) is 0 Å². The van der Waals surface area contributed by atoms with Gasteiger partial charge in [0.15, 0.2) is 0 Å². The molecule has 2 atom stereocenters. The Bertz CT molecular complexity index is 277. The Labute approximate surface area is 81.7 Å². The second kappa shape index (κ2) is 7.67. The first-order valence-electron chi connectivity index (χ1n) is 3.45. The molecule has 3 N–H and O–H groups in total. The number of halogens is 1. The van der Waals surface area contributed by atoms with Gasteiger partial charge in [-0.3, -0.25) is 0 Å². The van der Waals surface area contributed by atoms with E-state index in [1.165, 1.54) is 11.6 Å². The van der Waals surface area contributed by atoms with E-state index in [4.69, 9.17) is 26.9 Å². The van der Waals surface area contributed by atoms with E-state index >= 15 is 0 Å². The zero-order valence-electron chi connectivity index (χ0n) is 6.74. The van der Waals surface area contributed by atoms with E-state index in [9.17, 15) is 0 Å². The summed E-state index contributed by atoms with van der Waals surface area (Å²) in [7, 11) is 0. The third kappa shape index (κ3) is 6.21. The first kappa shape index (κ1) is 12.0. The van der Waals surface area contributed by atoms with Gasteiger partial charge in [0, 0.05) is 11.6 Å². The van der Waals surface area contributed by atoms with E-state index in [2.05, 4.69) is 23.7 Å². The highest BCUT2D eigenvalue weighted by Crippen LogP contribution is 1.88. The van der Waals surface area contributed by atoms with Crippen LogP contribution in [0, 0.1) is 23.7 Å². The van der Waals surface area contributed by atoms with Crippen molar-refractivity contribution in [2.75, 3.05) is 6.61 Å². The van der Waals surface area contributed by atoms with E-state index in [1.54, 1.807) is 0 Å². The van der Waals surface area contributed by atoms with E-state index in [1.807, 2.05) is 0 Å². The van der Waals surface area contributed by atoms with Gasteiger partial charge in [-0.25, -0.2) is 0 Å². The second-order valence-electron chi connectivity index (χ2n) is 2.03. The first-order valence-corrected chi connectivity index (χ1v) is 3.89. The molecule has 0 bridgehead atoms. The van der Waals surface area contributed by atoms with E-state index in [0.717, 1.165) is 0 Å². The lowest BCUT2D eigenvalue weighted by atomic mass is 10.2. The fraction of sp³-hybridized carbons (Fsp3) is 0.333. The first-order chi connectivity index (χ1) is 6.22. The average Bonchev–Trinajstić information content (AvgIpc) is 2.16. The number of hydrogen-bond donors (Lipinski definition) is 3. The molecule has 0 aromatic rings. The van der Waals surface area contributed by atoms with Gasteiger partial charge in [0.2, 0.25) is 0 Å². The summed E-state index contributed by atoms with van der Waals surface area (Å²) in [6.07, 6.45) is -1.15. The number of aliphatic hydroxyl groups is 3. The molecule has 0 aliphatic rings. The van der Waals surface area contributed by atoms with E-state index in [0.29, 0.717) is 0 Å². The Kier molecular flexibility index (Phi) is 7.10. The van der Waals surface area contributed by atoms with Gasteiger partial charge in [-0.1, -0.05) is 23.4 Å². The monoisotopic (exact) mass is 200 g/mol. The van der Waals surface area contributed by atoms with Gasteiger partial charge in [0.1, 0.15) is 12.2 Å². The van der Waals surface area contributed by atoms with Crippen LogP contribution in [-0.2, 0) is 0 Å². The second-order valence-corrected chi connectivity index (χ2v) is 2.28. The van der Waals surface area contributed by atoms with Crippen LogP contribution in [0.1, 0.15) is 0 Å². The van der Waals surface area contributed by atoms with Crippen LogP contribution >= 0.6 is 11.6 Å². The third-order valence-electron chi connectivity index (χ3n) is 1.05. The third-order valence-corrected chi connectivity index (χ3v) is 1.18. The van der Waals surface area contributed by atoms with Crippen LogP contribution in [0.3, 0.4) is 0 Å². The van der Waals surface area contributed by atoms with Gasteiger partial charge in [-0.05, 0) is 11.8 Å².